The van der Waals surface area contributed by atoms with Crippen LogP contribution in [0.5, 0.6) is 0 Å². The third-order valence-corrected chi connectivity index (χ3v) is 5.47. The zero-order valence-electron chi connectivity index (χ0n) is 19.3. The Kier molecular flexibility index (Phi) is 13.5. The number of hydrogen-bond donors (Lipinski definition) is 1. The van der Waals surface area contributed by atoms with Gasteiger partial charge in [-0.25, -0.2) is 4.79 Å². The molecule has 0 radical (unpaired) electrons. The van der Waals surface area contributed by atoms with Crippen LogP contribution in [-0.4, -0.2) is 30.0 Å². The van der Waals surface area contributed by atoms with Gasteiger partial charge in [0, 0.05) is 6.20 Å². The van der Waals surface area contributed by atoms with Crippen molar-refractivity contribution in [3.05, 3.63) is 41.7 Å². The number of hydrogen-bond acceptors (Lipinski definition) is 4. The van der Waals surface area contributed by atoms with Gasteiger partial charge in [-0.2, -0.15) is 0 Å². The molecule has 0 fully saturated rings. The Morgan fingerprint density at radius 2 is 1.83 bits per heavy atom. The first-order valence-corrected chi connectivity index (χ1v) is 11.5. The maximum absolute atomic E-state index is 12.5. The molecule has 5 nitrogen and oxygen atoms in total. The molecule has 0 aliphatic heterocycles. The largest absolute Gasteiger partial charge is 0.467 e. The first-order valence-electron chi connectivity index (χ1n) is 11.5. The molecule has 1 aromatic rings. The average Bonchev–Trinajstić information content (AvgIpc) is 2.77. The molecule has 1 heterocycles. The molecule has 1 aromatic heterocycles. The Balaban J connectivity index is 2.73. The Morgan fingerprint density at radius 1 is 1.10 bits per heavy atom. The summed E-state index contributed by atoms with van der Waals surface area (Å²) >= 11 is 0. The van der Waals surface area contributed by atoms with Crippen molar-refractivity contribution in [1.82, 2.24) is 10.3 Å². The number of methoxy groups -OCH3 is 1. The third kappa shape index (κ3) is 10.0. The molecule has 1 amide bonds. The van der Waals surface area contributed by atoms with Crippen molar-refractivity contribution in [3.8, 4) is 0 Å². The highest BCUT2D eigenvalue weighted by Crippen LogP contribution is 2.22. The lowest BCUT2D eigenvalue weighted by atomic mass is 9.91. The number of ether oxygens (including phenoxy) is 1. The predicted octanol–water partition coefficient (Wildman–Crippen LogP) is 5.86. The smallest absolute Gasteiger partial charge is 0.328 e. The van der Waals surface area contributed by atoms with Crippen LogP contribution in [0.3, 0.4) is 0 Å². The van der Waals surface area contributed by atoms with E-state index in [0.717, 1.165) is 25.7 Å². The fraction of sp³-hybridized carbons (Fsp3) is 0.640. The molecule has 0 spiro atoms. The van der Waals surface area contributed by atoms with Gasteiger partial charge in [0.05, 0.1) is 7.11 Å². The second-order valence-electron chi connectivity index (χ2n) is 8.02. The van der Waals surface area contributed by atoms with Gasteiger partial charge < -0.3 is 10.1 Å². The van der Waals surface area contributed by atoms with Gasteiger partial charge in [0.1, 0.15) is 11.7 Å². The summed E-state index contributed by atoms with van der Waals surface area (Å²) in [6, 6.07) is 4.47. The predicted molar refractivity (Wildman–Crippen MR) is 122 cm³/mol. The van der Waals surface area contributed by atoms with E-state index in [-0.39, 0.29) is 11.8 Å². The van der Waals surface area contributed by atoms with Crippen LogP contribution < -0.4 is 5.32 Å². The van der Waals surface area contributed by atoms with Crippen LogP contribution in [0.2, 0.25) is 0 Å². The molecule has 0 aromatic carbocycles. The fourth-order valence-electron chi connectivity index (χ4n) is 3.48. The van der Waals surface area contributed by atoms with E-state index in [1.165, 1.54) is 51.2 Å². The Labute approximate surface area is 182 Å². The van der Waals surface area contributed by atoms with E-state index >= 15 is 0 Å². The topological polar surface area (TPSA) is 68.3 Å². The summed E-state index contributed by atoms with van der Waals surface area (Å²) in [5.41, 5.74) is 1.78. The molecule has 0 saturated carbocycles. The quantitative estimate of drug-likeness (QED) is 0.221. The number of rotatable bonds is 15. The van der Waals surface area contributed by atoms with Gasteiger partial charge in [0.15, 0.2) is 0 Å². The van der Waals surface area contributed by atoms with E-state index in [0.29, 0.717) is 5.69 Å². The zero-order valence-corrected chi connectivity index (χ0v) is 19.3. The number of carbonyl (C=O) groups is 2. The Bertz CT molecular complexity index is 643. The molecule has 0 aliphatic rings. The van der Waals surface area contributed by atoms with Gasteiger partial charge in [0.2, 0.25) is 0 Å². The van der Waals surface area contributed by atoms with Crippen molar-refractivity contribution in [1.29, 1.82) is 0 Å². The lowest BCUT2D eigenvalue weighted by molar-refractivity contribution is -0.144. The fourth-order valence-corrected chi connectivity index (χ4v) is 3.48. The van der Waals surface area contributed by atoms with Crippen LogP contribution in [0, 0.1) is 5.92 Å². The summed E-state index contributed by atoms with van der Waals surface area (Å²) in [6.45, 7) is 6.44. The van der Waals surface area contributed by atoms with E-state index in [9.17, 15) is 9.59 Å². The van der Waals surface area contributed by atoms with Crippen molar-refractivity contribution < 1.29 is 14.3 Å². The highest BCUT2D eigenvalue weighted by Gasteiger charge is 2.28. The highest BCUT2D eigenvalue weighted by atomic mass is 16.5. The normalized spacial score (nSPS) is 13.5. The van der Waals surface area contributed by atoms with Crippen LogP contribution in [0.4, 0.5) is 0 Å². The van der Waals surface area contributed by atoms with Gasteiger partial charge >= 0.3 is 5.97 Å². The summed E-state index contributed by atoms with van der Waals surface area (Å²) in [5.74, 6) is -0.794. The summed E-state index contributed by atoms with van der Waals surface area (Å²) < 4.78 is 4.96. The van der Waals surface area contributed by atoms with Crippen molar-refractivity contribution in [2.24, 2.45) is 5.92 Å². The molecule has 0 bridgehead atoms. The van der Waals surface area contributed by atoms with Crippen molar-refractivity contribution >= 4 is 11.9 Å². The highest BCUT2D eigenvalue weighted by molar-refractivity contribution is 5.95. The molecular formula is C25H40N2O3. The monoisotopic (exact) mass is 416 g/mol. The van der Waals surface area contributed by atoms with Crippen molar-refractivity contribution in [3.63, 3.8) is 0 Å². The molecule has 0 aliphatic carbocycles. The number of nitrogens with zero attached hydrogens (tertiary/aromatic N) is 1. The molecule has 0 unspecified atom stereocenters. The molecule has 1 rings (SSSR count). The first kappa shape index (κ1) is 25.9. The van der Waals surface area contributed by atoms with E-state index in [1.54, 1.807) is 24.4 Å². The van der Waals surface area contributed by atoms with Crippen LogP contribution in [0.15, 0.2) is 36.0 Å². The molecule has 168 valence electrons. The second kappa shape index (κ2) is 15.6. The summed E-state index contributed by atoms with van der Waals surface area (Å²) in [7, 11) is 1.36. The maximum atomic E-state index is 12.5. The number of nitrogens with one attached hydrogen (secondary N) is 1. The number of pyridine rings is 1. The average molecular weight is 417 g/mol. The number of unbranched alkanes of at least 4 members (excludes halogenated alkanes) is 5. The molecule has 5 heteroatoms. The number of esters is 1. The Hall–Kier alpha value is -2.17. The standard InChI is InChI=1S/C25H40N2O3/c1-5-7-9-11-15-21(14-10-8-6-2)18-17-20(3)23(25(29)30-4)27-24(28)22-16-12-13-19-26-22/h12-13,15-16,19-20,23H,5-11,14,17-18H2,1-4H3,(H,27,28)/b21-15+/t20-,23-/m0/s1. The summed E-state index contributed by atoms with van der Waals surface area (Å²) in [6.07, 6.45) is 15.4. The summed E-state index contributed by atoms with van der Waals surface area (Å²) in [4.78, 5) is 28.9. The number of aromatic nitrogens is 1. The van der Waals surface area contributed by atoms with Gasteiger partial charge in [-0.1, -0.05) is 64.2 Å². The van der Waals surface area contributed by atoms with Gasteiger partial charge in [-0.15, -0.1) is 0 Å². The van der Waals surface area contributed by atoms with Crippen molar-refractivity contribution in [2.45, 2.75) is 91.0 Å². The van der Waals surface area contributed by atoms with Crippen LogP contribution in [-0.2, 0) is 9.53 Å². The molecule has 1 N–H and O–H groups in total. The van der Waals surface area contributed by atoms with E-state index in [4.69, 9.17) is 4.74 Å². The van der Waals surface area contributed by atoms with E-state index < -0.39 is 12.0 Å². The second-order valence-corrected chi connectivity index (χ2v) is 8.02. The molecular weight excluding hydrogens is 376 g/mol. The zero-order chi connectivity index (χ0) is 22.2. The third-order valence-electron chi connectivity index (χ3n) is 5.47. The van der Waals surface area contributed by atoms with Crippen LogP contribution >= 0.6 is 0 Å². The summed E-state index contributed by atoms with van der Waals surface area (Å²) in [5, 5.41) is 2.82. The van der Waals surface area contributed by atoms with Crippen LogP contribution in [0.1, 0.15) is 95.5 Å². The maximum Gasteiger partial charge on any atom is 0.328 e. The molecule has 30 heavy (non-hydrogen) atoms. The van der Waals surface area contributed by atoms with Crippen molar-refractivity contribution in [2.75, 3.05) is 7.11 Å². The lowest BCUT2D eigenvalue weighted by Crippen LogP contribution is -2.46. The van der Waals surface area contributed by atoms with Gasteiger partial charge in [-0.3, -0.25) is 9.78 Å². The number of allylic oxidation sites excluding steroid dienone is 2. The number of amides is 1. The SMILES string of the molecule is CCCCC/C=C(\CCCCC)CC[C@H](C)[C@H](NC(=O)c1ccccn1)C(=O)OC. The lowest BCUT2D eigenvalue weighted by Gasteiger charge is -2.23. The minimum absolute atomic E-state index is 0.0321. The first-order chi connectivity index (χ1) is 14.5. The molecule has 0 saturated heterocycles. The van der Waals surface area contributed by atoms with Gasteiger partial charge in [0.25, 0.3) is 5.91 Å². The Morgan fingerprint density at radius 3 is 2.47 bits per heavy atom. The molecule has 2 atom stereocenters. The number of carbonyl (C=O) groups excluding carboxylic acids is 2. The van der Waals surface area contributed by atoms with Gasteiger partial charge in [-0.05, 0) is 56.6 Å². The van der Waals surface area contributed by atoms with Crippen LogP contribution in [0.25, 0.3) is 0 Å². The minimum atomic E-state index is -0.679. The minimum Gasteiger partial charge on any atom is -0.467 e. The van der Waals surface area contributed by atoms with E-state index in [1.807, 2.05) is 6.92 Å². The van der Waals surface area contributed by atoms with E-state index in [2.05, 4.69) is 30.2 Å².